The molecule has 3 aromatic carbocycles. The van der Waals surface area contributed by atoms with E-state index in [0.717, 1.165) is 5.75 Å². The van der Waals surface area contributed by atoms with Gasteiger partial charge in [-0.05, 0) is 51.6 Å². The summed E-state index contributed by atoms with van der Waals surface area (Å²) in [4.78, 5) is 0. The van der Waals surface area contributed by atoms with Crippen LogP contribution in [0.4, 0.5) is 0 Å². The first-order valence-electron chi connectivity index (χ1n) is 8.00. The predicted octanol–water partition coefficient (Wildman–Crippen LogP) is 5.67. The van der Waals surface area contributed by atoms with Gasteiger partial charge in [0.1, 0.15) is 5.75 Å². The number of fused-ring (bicyclic) bond motifs is 3. The molecule has 0 amide bonds. The fourth-order valence-corrected chi connectivity index (χ4v) is 3.67. The van der Waals surface area contributed by atoms with Crippen molar-refractivity contribution in [1.82, 2.24) is 0 Å². The van der Waals surface area contributed by atoms with E-state index in [1.54, 1.807) is 7.11 Å². The maximum atomic E-state index is 5.25. The van der Waals surface area contributed by atoms with Crippen LogP contribution in [-0.2, 0) is 5.41 Å². The van der Waals surface area contributed by atoms with Crippen molar-refractivity contribution in [3.8, 4) is 28.0 Å². The second-order valence-corrected chi connectivity index (χ2v) is 6.66. The third-order valence-electron chi connectivity index (χ3n) is 5.01. The zero-order valence-corrected chi connectivity index (χ0v) is 13.8. The molecule has 0 aliphatic heterocycles. The molecule has 0 radical (unpaired) electrons. The Bertz CT molecular complexity index is 873. The van der Waals surface area contributed by atoms with Crippen LogP contribution < -0.4 is 4.74 Å². The van der Waals surface area contributed by atoms with Gasteiger partial charge in [0.05, 0.1) is 7.11 Å². The predicted molar refractivity (Wildman–Crippen MR) is 96.0 cm³/mol. The summed E-state index contributed by atoms with van der Waals surface area (Å²) in [5.41, 5.74) is 8.09. The van der Waals surface area contributed by atoms with Crippen LogP contribution in [0.3, 0.4) is 0 Å². The lowest BCUT2D eigenvalue weighted by molar-refractivity contribution is 0.415. The molecule has 0 aromatic heterocycles. The van der Waals surface area contributed by atoms with E-state index in [9.17, 15) is 0 Å². The minimum atomic E-state index is 0.0500. The van der Waals surface area contributed by atoms with Gasteiger partial charge in [0.25, 0.3) is 0 Å². The summed E-state index contributed by atoms with van der Waals surface area (Å²) in [6, 6.07) is 23.9. The van der Waals surface area contributed by atoms with Gasteiger partial charge >= 0.3 is 0 Å². The fourth-order valence-electron chi connectivity index (χ4n) is 3.67. The molecule has 0 heterocycles. The van der Waals surface area contributed by atoms with Crippen molar-refractivity contribution in [2.75, 3.05) is 7.11 Å². The number of rotatable bonds is 2. The van der Waals surface area contributed by atoms with E-state index in [1.807, 2.05) is 12.1 Å². The molecule has 1 heteroatoms. The lowest BCUT2D eigenvalue weighted by Gasteiger charge is -2.22. The molecule has 0 atom stereocenters. The SMILES string of the molecule is COc1ccc(-c2ccc3c(c2)C(C)(C)c2ccccc2-3)cc1. The maximum Gasteiger partial charge on any atom is 0.118 e. The first-order valence-corrected chi connectivity index (χ1v) is 8.00. The van der Waals surface area contributed by atoms with Crippen LogP contribution in [0.25, 0.3) is 22.3 Å². The molecule has 4 rings (SSSR count). The molecule has 0 saturated carbocycles. The highest BCUT2D eigenvalue weighted by molar-refractivity contribution is 5.83. The van der Waals surface area contributed by atoms with Gasteiger partial charge in [-0.1, -0.05) is 62.4 Å². The van der Waals surface area contributed by atoms with Gasteiger partial charge in [-0.2, -0.15) is 0 Å². The van der Waals surface area contributed by atoms with E-state index in [0.29, 0.717) is 0 Å². The van der Waals surface area contributed by atoms with Crippen LogP contribution in [-0.4, -0.2) is 7.11 Å². The number of methoxy groups -OCH3 is 1. The summed E-state index contributed by atoms with van der Waals surface area (Å²) >= 11 is 0. The lowest BCUT2D eigenvalue weighted by atomic mass is 9.81. The maximum absolute atomic E-state index is 5.25. The Kier molecular flexibility index (Phi) is 3.05. The summed E-state index contributed by atoms with van der Waals surface area (Å²) in [5, 5.41) is 0. The fraction of sp³-hybridized carbons (Fsp3) is 0.182. The highest BCUT2D eigenvalue weighted by Gasteiger charge is 2.35. The van der Waals surface area contributed by atoms with Crippen LogP contribution in [0.5, 0.6) is 5.75 Å². The van der Waals surface area contributed by atoms with Crippen LogP contribution >= 0.6 is 0 Å². The summed E-state index contributed by atoms with van der Waals surface area (Å²) in [6.45, 7) is 4.63. The Labute approximate surface area is 137 Å². The Hall–Kier alpha value is -2.54. The Morgan fingerprint density at radius 3 is 2.09 bits per heavy atom. The van der Waals surface area contributed by atoms with Crippen LogP contribution in [0, 0.1) is 0 Å². The third kappa shape index (κ3) is 2.08. The monoisotopic (exact) mass is 300 g/mol. The summed E-state index contributed by atoms with van der Waals surface area (Å²) in [5.74, 6) is 0.891. The lowest BCUT2D eigenvalue weighted by Crippen LogP contribution is -2.14. The molecular formula is C22H20O. The molecule has 0 fully saturated rings. The topological polar surface area (TPSA) is 9.23 Å². The largest absolute Gasteiger partial charge is 0.497 e. The highest BCUT2D eigenvalue weighted by Crippen LogP contribution is 2.49. The zero-order chi connectivity index (χ0) is 16.0. The van der Waals surface area contributed by atoms with Crippen molar-refractivity contribution in [2.24, 2.45) is 0 Å². The molecular weight excluding hydrogens is 280 g/mol. The number of ether oxygens (including phenoxy) is 1. The molecule has 1 aliphatic carbocycles. The van der Waals surface area contributed by atoms with Crippen molar-refractivity contribution in [3.63, 3.8) is 0 Å². The van der Waals surface area contributed by atoms with Gasteiger partial charge in [-0.25, -0.2) is 0 Å². The van der Waals surface area contributed by atoms with Crippen LogP contribution in [0.2, 0.25) is 0 Å². The molecule has 0 N–H and O–H groups in total. The molecule has 0 unspecified atom stereocenters. The van der Waals surface area contributed by atoms with E-state index < -0.39 is 0 Å². The van der Waals surface area contributed by atoms with Crippen molar-refractivity contribution < 1.29 is 4.74 Å². The zero-order valence-electron chi connectivity index (χ0n) is 13.8. The van der Waals surface area contributed by atoms with Crippen molar-refractivity contribution >= 4 is 0 Å². The number of benzene rings is 3. The van der Waals surface area contributed by atoms with E-state index in [2.05, 4.69) is 68.4 Å². The second-order valence-electron chi connectivity index (χ2n) is 6.66. The molecule has 1 nitrogen and oxygen atoms in total. The number of hydrogen-bond donors (Lipinski definition) is 0. The molecule has 23 heavy (non-hydrogen) atoms. The van der Waals surface area contributed by atoms with Crippen LogP contribution in [0.15, 0.2) is 66.7 Å². The average molecular weight is 300 g/mol. The first kappa shape index (κ1) is 14.1. The third-order valence-corrected chi connectivity index (χ3v) is 5.01. The Morgan fingerprint density at radius 2 is 1.35 bits per heavy atom. The molecule has 1 aliphatic rings. The quantitative estimate of drug-likeness (QED) is 0.592. The van der Waals surface area contributed by atoms with Gasteiger partial charge < -0.3 is 4.74 Å². The van der Waals surface area contributed by atoms with E-state index in [1.165, 1.54) is 33.4 Å². The van der Waals surface area contributed by atoms with Crippen molar-refractivity contribution in [3.05, 3.63) is 77.9 Å². The highest BCUT2D eigenvalue weighted by atomic mass is 16.5. The van der Waals surface area contributed by atoms with Gasteiger partial charge in [0, 0.05) is 5.41 Å². The molecule has 0 spiro atoms. The molecule has 3 aromatic rings. The van der Waals surface area contributed by atoms with Gasteiger partial charge in [-0.15, -0.1) is 0 Å². The minimum absolute atomic E-state index is 0.0500. The van der Waals surface area contributed by atoms with Crippen molar-refractivity contribution in [2.45, 2.75) is 19.3 Å². The van der Waals surface area contributed by atoms with E-state index in [-0.39, 0.29) is 5.41 Å². The molecule has 0 bridgehead atoms. The minimum Gasteiger partial charge on any atom is -0.497 e. The van der Waals surface area contributed by atoms with Gasteiger partial charge in [0.15, 0.2) is 0 Å². The second kappa shape index (κ2) is 4.99. The van der Waals surface area contributed by atoms with Crippen molar-refractivity contribution in [1.29, 1.82) is 0 Å². The molecule has 114 valence electrons. The average Bonchev–Trinajstić information content (AvgIpc) is 2.83. The Balaban J connectivity index is 1.85. The molecule has 0 saturated heterocycles. The van der Waals surface area contributed by atoms with E-state index in [4.69, 9.17) is 4.74 Å². The summed E-state index contributed by atoms with van der Waals surface area (Å²) in [6.07, 6.45) is 0. The standard InChI is InChI=1S/C22H20O/c1-22(2)20-7-5-4-6-18(20)19-13-10-16(14-21(19)22)15-8-11-17(23-3)12-9-15/h4-14H,1-3H3. The Morgan fingerprint density at radius 1 is 0.696 bits per heavy atom. The van der Waals surface area contributed by atoms with Gasteiger partial charge in [-0.3, -0.25) is 0 Å². The van der Waals surface area contributed by atoms with Gasteiger partial charge in [0.2, 0.25) is 0 Å². The van der Waals surface area contributed by atoms with Crippen LogP contribution in [0.1, 0.15) is 25.0 Å². The normalized spacial score (nSPS) is 14.2. The summed E-state index contributed by atoms with van der Waals surface area (Å²) in [7, 11) is 1.70. The summed E-state index contributed by atoms with van der Waals surface area (Å²) < 4.78 is 5.25. The smallest absolute Gasteiger partial charge is 0.118 e. The van der Waals surface area contributed by atoms with E-state index >= 15 is 0 Å². The first-order chi connectivity index (χ1) is 11.1. The number of hydrogen-bond acceptors (Lipinski definition) is 1.